The molecule has 0 radical (unpaired) electrons. The van der Waals surface area contributed by atoms with E-state index in [1.165, 1.54) is 0 Å². The van der Waals surface area contributed by atoms with Crippen molar-refractivity contribution < 1.29 is 4.79 Å². The van der Waals surface area contributed by atoms with Crippen molar-refractivity contribution in [3.8, 4) is 6.07 Å². The van der Waals surface area contributed by atoms with E-state index in [1.807, 2.05) is 66.7 Å². The molecule has 0 amide bonds. The molecule has 0 saturated heterocycles. The topological polar surface area (TPSA) is 40.9 Å². The van der Waals surface area contributed by atoms with Gasteiger partial charge in [-0.2, -0.15) is 5.26 Å². The lowest BCUT2D eigenvalue weighted by Crippen LogP contribution is -2.40. The Hall–Kier alpha value is -2.66. The normalized spacial score (nSPS) is 22.3. The van der Waals surface area contributed by atoms with Crippen molar-refractivity contribution >= 4 is 11.9 Å². The first-order chi connectivity index (χ1) is 11.8. The van der Waals surface area contributed by atoms with E-state index in [0.29, 0.717) is 12.8 Å². The summed E-state index contributed by atoms with van der Waals surface area (Å²) < 4.78 is 0. The molecule has 2 aromatic rings. The summed E-state index contributed by atoms with van der Waals surface area (Å²) >= 11 is 0. The van der Waals surface area contributed by atoms with Crippen molar-refractivity contribution in [2.75, 3.05) is 0 Å². The fourth-order valence-corrected chi connectivity index (χ4v) is 3.69. The summed E-state index contributed by atoms with van der Waals surface area (Å²) in [5.74, 6) is 0.194. The summed E-state index contributed by atoms with van der Waals surface area (Å²) in [6.45, 7) is 0. The quantitative estimate of drug-likeness (QED) is 0.739. The van der Waals surface area contributed by atoms with Crippen LogP contribution in [0.2, 0.25) is 0 Å². The van der Waals surface area contributed by atoms with E-state index in [-0.39, 0.29) is 5.78 Å². The molecular formula is C22H21NO. The fourth-order valence-electron chi connectivity index (χ4n) is 3.69. The Labute approximate surface area is 143 Å². The Bertz CT molecular complexity index is 771. The van der Waals surface area contributed by atoms with E-state index < -0.39 is 5.41 Å². The molecule has 2 aromatic carbocycles. The summed E-state index contributed by atoms with van der Waals surface area (Å²) in [6, 6.07) is 22.2. The number of nitrogens with zero attached hydrogens (tertiary/aromatic N) is 1. The smallest absolute Gasteiger partial charge is 0.169 e. The third-order valence-corrected chi connectivity index (χ3v) is 4.91. The van der Waals surface area contributed by atoms with Gasteiger partial charge in [0.1, 0.15) is 0 Å². The van der Waals surface area contributed by atoms with E-state index in [4.69, 9.17) is 5.26 Å². The van der Waals surface area contributed by atoms with Crippen LogP contribution in [0.5, 0.6) is 0 Å². The van der Waals surface area contributed by atoms with E-state index in [0.717, 1.165) is 36.0 Å². The van der Waals surface area contributed by atoms with Gasteiger partial charge in [-0.05, 0) is 48.5 Å². The van der Waals surface area contributed by atoms with Crippen LogP contribution >= 0.6 is 0 Å². The molecule has 24 heavy (non-hydrogen) atoms. The Balaban J connectivity index is 2.01. The molecule has 0 heterocycles. The first-order valence-electron chi connectivity index (χ1n) is 8.49. The maximum atomic E-state index is 13.4. The van der Waals surface area contributed by atoms with Crippen molar-refractivity contribution in [1.29, 1.82) is 5.26 Å². The van der Waals surface area contributed by atoms with Crippen molar-refractivity contribution in [3.05, 3.63) is 77.4 Å². The van der Waals surface area contributed by atoms with Crippen LogP contribution in [0.1, 0.15) is 43.2 Å². The van der Waals surface area contributed by atoms with Gasteiger partial charge < -0.3 is 0 Å². The van der Waals surface area contributed by atoms with E-state index in [2.05, 4.69) is 6.07 Å². The highest BCUT2D eigenvalue weighted by Gasteiger charge is 2.43. The Kier molecular flexibility index (Phi) is 4.91. The van der Waals surface area contributed by atoms with Gasteiger partial charge in [0.2, 0.25) is 0 Å². The second-order valence-electron chi connectivity index (χ2n) is 6.37. The van der Waals surface area contributed by atoms with Gasteiger partial charge in [0.05, 0.1) is 11.5 Å². The highest BCUT2D eigenvalue weighted by atomic mass is 16.1. The molecule has 1 saturated carbocycles. The fraction of sp³-hybridized carbons (Fsp3) is 0.273. The second kappa shape index (κ2) is 7.27. The molecule has 1 fully saturated rings. The predicted molar refractivity (Wildman–Crippen MR) is 96.2 cm³/mol. The highest BCUT2D eigenvalue weighted by molar-refractivity contribution is 6.07. The summed E-state index contributed by atoms with van der Waals surface area (Å²) in [7, 11) is 0. The lowest BCUT2D eigenvalue weighted by Gasteiger charge is -2.37. The molecule has 1 aliphatic carbocycles. The first-order valence-corrected chi connectivity index (χ1v) is 8.49. The van der Waals surface area contributed by atoms with Crippen LogP contribution in [0, 0.1) is 11.3 Å². The molecule has 1 atom stereocenters. The Morgan fingerprint density at radius 1 is 1.04 bits per heavy atom. The summed E-state index contributed by atoms with van der Waals surface area (Å²) in [6.07, 6.45) is 5.63. The van der Waals surface area contributed by atoms with Gasteiger partial charge in [-0.15, -0.1) is 0 Å². The first kappa shape index (κ1) is 16.2. The van der Waals surface area contributed by atoms with Gasteiger partial charge in [0.25, 0.3) is 0 Å². The number of rotatable bonds is 4. The molecule has 2 heteroatoms. The van der Waals surface area contributed by atoms with Gasteiger partial charge in [-0.3, -0.25) is 4.79 Å². The predicted octanol–water partition coefficient (Wildman–Crippen LogP) is 5.06. The summed E-state index contributed by atoms with van der Waals surface area (Å²) in [4.78, 5) is 13.4. The number of Topliss-reactive ketones (excluding diaryl/α,β-unsaturated/α-hetero) is 1. The number of carbonyl (C=O) groups excluding carboxylic acids is 1. The molecule has 3 rings (SSSR count). The SMILES string of the molecule is N#CCCC1(c2ccccc2)CCC/C(=C\c2ccccc2)C1=O. The van der Waals surface area contributed by atoms with E-state index >= 15 is 0 Å². The third-order valence-electron chi connectivity index (χ3n) is 4.91. The standard InChI is InChI=1S/C22H21NO/c23-16-8-15-22(20-12-5-2-6-13-20)14-7-11-19(21(22)24)17-18-9-3-1-4-10-18/h1-6,9-10,12-13,17H,7-8,11,14-15H2/b19-17+. The molecule has 1 unspecified atom stereocenters. The van der Waals surface area contributed by atoms with Crippen LogP contribution in [0.3, 0.4) is 0 Å². The summed E-state index contributed by atoms with van der Waals surface area (Å²) in [5, 5.41) is 9.07. The molecule has 120 valence electrons. The van der Waals surface area contributed by atoms with Gasteiger partial charge in [-0.25, -0.2) is 0 Å². The molecule has 0 aromatic heterocycles. The number of carbonyl (C=O) groups is 1. The average molecular weight is 315 g/mol. The van der Waals surface area contributed by atoms with Crippen molar-refractivity contribution in [2.45, 2.75) is 37.5 Å². The minimum atomic E-state index is -0.546. The zero-order valence-electron chi connectivity index (χ0n) is 13.7. The maximum absolute atomic E-state index is 13.4. The minimum Gasteiger partial charge on any atom is -0.294 e. The zero-order valence-corrected chi connectivity index (χ0v) is 13.7. The van der Waals surface area contributed by atoms with E-state index in [9.17, 15) is 4.79 Å². The number of nitriles is 1. The number of benzene rings is 2. The number of hydrogen-bond acceptors (Lipinski definition) is 2. The van der Waals surface area contributed by atoms with Crippen LogP contribution in [0.4, 0.5) is 0 Å². The maximum Gasteiger partial charge on any atom is 0.169 e. The number of hydrogen-bond donors (Lipinski definition) is 0. The van der Waals surface area contributed by atoms with Crippen LogP contribution in [0.25, 0.3) is 6.08 Å². The van der Waals surface area contributed by atoms with Crippen LogP contribution in [0.15, 0.2) is 66.2 Å². The van der Waals surface area contributed by atoms with Crippen LogP contribution < -0.4 is 0 Å². The van der Waals surface area contributed by atoms with Crippen LogP contribution in [-0.4, -0.2) is 5.78 Å². The van der Waals surface area contributed by atoms with Gasteiger partial charge in [0, 0.05) is 6.42 Å². The van der Waals surface area contributed by atoms with E-state index in [1.54, 1.807) is 0 Å². The zero-order chi connectivity index (χ0) is 16.8. The number of ketones is 1. The molecule has 0 bridgehead atoms. The Morgan fingerprint density at radius 2 is 1.71 bits per heavy atom. The Morgan fingerprint density at radius 3 is 2.38 bits per heavy atom. The summed E-state index contributed by atoms with van der Waals surface area (Å²) in [5.41, 5.74) is 2.44. The van der Waals surface area contributed by atoms with Gasteiger partial charge in [-0.1, -0.05) is 60.7 Å². The minimum absolute atomic E-state index is 0.194. The highest BCUT2D eigenvalue weighted by Crippen LogP contribution is 2.42. The van der Waals surface area contributed by atoms with Crippen molar-refractivity contribution in [1.82, 2.24) is 0 Å². The molecular weight excluding hydrogens is 294 g/mol. The van der Waals surface area contributed by atoms with Crippen molar-refractivity contribution in [2.24, 2.45) is 0 Å². The second-order valence-corrected chi connectivity index (χ2v) is 6.37. The average Bonchev–Trinajstić information content (AvgIpc) is 2.64. The van der Waals surface area contributed by atoms with Crippen LogP contribution in [-0.2, 0) is 10.2 Å². The molecule has 0 spiro atoms. The lowest BCUT2D eigenvalue weighted by atomic mass is 9.64. The number of allylic oxidation sites excluding steroid dienone is 1. The van der Waals surface area contributed by atoms with Crippen molar-refractivity contribution in [3.63, 3.8) is 0 Å². The third kappa shape index (κ3) is 3.16. The molecule has 1 aliphatic rings. The van der Waals surface area contributed by atoms with Gasteiger partial charge in [0.15, 0.2) is 5.78 Å². The van der Waals surface area contributed by atoms with Gasteiger partial charge >= 0.3 is 0 Å². The monoisotopic (exact) mass is 315 g/mol. The largest absolute Gasteiger partial charge is 0.294 e. The molecule has 2 nitrogen and oxygen atoms in total. The molecule has 0 aliphatic heterocycles. The molecule has 0 N–H and O–H groups in total. The lowest BCUT2D eigenvalue weighted by molar-refractivity contribution is -0.122.